The molecule has 0 saturated carbocycles. The first-order valence-electron chi connectivity index (χ1n) is 6.20. The first-order chi connectivity index (χ1) is 7.09. The molecule has 0 N–H and O–H groups in total. The fourth-order valence-electron chi connectivity index (χ4n) is 2.04. The van der Waals surface area contributed by atoms with E-state index < -0.39 is 0 Å². The summed E-state index contributed by atoms with van der Waals surface area (Å²) in [4.78, 5) is 7.48. The highest BCUT2D eigenvalue weighted by Crippen LogP contribution is 2.03. The Morgan fingerprint density at radius 2 is 1.27 bits per heavy atom. The van der Waals surface area contributed by atoms with Gasteiger partial charge in [-0.3, -0.25) is 4.90 Å². The molecule has 3 heteroatoms. The summed E-state index contributed by atoms with van der Waals surface area (Å²) >= 11 is 0. The Hall–Kier alpha value is -0.120. The molecule has 0 spiro atoms. The van der Waals surface area contributed by atoms with Gasteiger partial charge in [0.25, 0.3) is 0 Å². The van der Waals surface area contributed by atoms with Crippen molar-refractivity contribution in [3.63, 3.8) is 0 Å². The normalized spacial score (nSPS) is 24.6. The van der Waals surface area contributed by atoms with Crippen LogP contribution in [-0.4, -0.2) is 74.1 Å². The van der Waals surface area contributed by atoms with E-state index in [2.05, 4.69) is 42.6 Å². The van der Waals surface area contributed by atoms with E-state index in [-0.39, 0.29) is 0 Å². The van der Waals surface area contributed by atoms with Crippen molar-refractivity contribution < 1.29 is 0 Å². The number of hydrogen-bond donors (Lipinski definition) is 0. The molecule has 1 aliphatic heterocycles. The molecule has 90 valence electrons. The third-order valence-electron chi connectivity index (χ3n) is 3.35. The highest BCUT2D eigenvalue weighted by Gasteiger charge is 2.12. The summed E-state index contributed by atoms with van der Waals surface area (Å²) in [5.41, 5.74) is 0. The van der Waals surface area contributed by atoms with Crippen LogP contribution in [0, 0.1) is 0 Å². The third-order valence-corrected chi connectivity index (χ3v) is 3.35. The lowest BCUT2D eigenvalue weighted by Crippen LogP contribution is -2.42. The number of rotatable bonds is 1. The summed E-state index contributed by atoms with van der Waals surface area (Å²) in [5.74, 6) is 0. The molecule has 0 unspecified atom stereocenters. The Morgan fingerprint density at radius 3 is 1.87 bits per heavy atom. The minimum atomic E-state index is 0.683. The van der Waals surface area contributed by atoms with Crippen LogP contribution < -0.4 is 0 Å². The van der Waals surface area contributed by atoms with E-state index in [0.717, 1.165) is 0 Å². The number of hydrogen-bond acceptors (Lipinski definition) is 3. The van der Waals surface area contributed by atoms with Gasteiger partial charge >= 0.3 is 0 Å². The van der Waals surface area contributed by atoms with E-state index in [0.29, 0.717) is 6.04 Å². The molecule has 3 nitrogen and oxygen atoms in total. The van der Waals surface area contributed by atoms with Gasteiger partial charge < -0.3 is 9.80 Å². The Balaban J connectivity index is 2.43. The SMILES string of the molecule is CC(C)N1CCCN(C)CCN(C)CC1. The average Bonchev–Trinajstić information content (AvgIpc) is 2.19. The molecular weight excluding hydrogens is 186 g/mol. The smallest absolute Gasteiger partial charge is 0.0112 e. The molecule has 1 rings (SSSR count). The van der Waals surface area contributed by atoms with Crippen LogP contribution in [-0.2, 0) is 0 Å². The van der Waals surface area contributed by atoms with Crippen LogP contribution in [0.3, 0.4) is 0 Å². The fourth-order valence-corrected chi connectivity index (χ4v) is 2.04. The standard InChI is InChI=1S/C12H27N3/c1-12(2)15-7-5-6-13(3)8-9-14(4)10-11-15/h12H,5-11H2,1-4H3. The highest BCUT2D eigenvalue weighted by molar-refractivity contribution is 4.68. The van der Waals surface area contributed by atoms with E-state index in [9.17, 15) is 0 Å². The van der Waals surface area contributed by atoms with Gasteiger partial charge in [0, 0.05) is 32.2 Å². The van der Waals surface area contributed by atoms with Crippen molar-refractivity contribution >= 4 is 0 Å². The minimum Gasteiger partial charge on any atom is -0.305 e. The summed E-state index contributed by atoms with van der Waals surface area (Å²) in [6.07, 6.45) is 1.30. The lowest BCUT2D eigenvalue weighted by molar-refractivity contribution is 0.155. The summed E-state index contributed by atoms with van der Waals surface area (Å²) in [7, 11) is 4.46. The number of nitrogens with zero attached hydrogens (tertiary/aromatic N) is 3. The molecule has 0 aliphatic carbocycles. The second-order valence-electron chi connectivity index (χ2n) is 5.09. The van der Waals surface area contributed by atoms with E-state index in [1.165, 1.54) is 45.7 Å². The minimum absolute atomic E-state index is 0.683. The lowest BCUT2D eigenvalue weighted by Gasteiger charge is -2.32. The second-order valence-corrected chi connectivity index (χ2v) is 5.09. The van der Waals surface area contributed by atoms with Crippen molar-refractivity contribution in [3.8, 4) is 0 Å². The molecule has 0 aromatic carbocycles. The van der Waals surface area contributed by atoms with Crippen LogP contribution in [0.1, 0.15) is 20.3 Å². The molecule has 0 aromatic heterocycles. The molecule has 1 aliphatic rings. The van der Waals surface area contributed by atoms with E-state index in [1.54, 1.807) is 0 Å². The molecule has 0 radical (unpaired) electrons. The largest absolute Gasteiger partial charge is 0.305 e. The predicted molar refractivity (Wildman–Crippen MR) is 66.3 cm³/mol. The second kappa shape index (κ2) is 6.46. The molecule has 0 aromatic rings. The topological polar surface area (TPSA) is 9.72 Å². The van der Waals surface area contributed by atoms with Crippen molar-refractivity contribution in [2.75, 3.05) is 53.4 Å². The molecular formula is C12H27N3. The van der Waals surface area contributed by atoms with Crippen molar-refractivity contribution in [2.24, 2.45) is 0 Å². The third kappa shape index (κ3) is 4.96. The van der Waals surface area contributed by atoms with Gasteiger partial charge in [0.1, 0.15) is 0 Å². The number of likely N-dealkylation sites (N-methyl/N-ethyl adjacent to an activating group) is 2. The van der Waals surface area contributed by atoms with Crippen molar-refractivity contribution in [1.29, 1.82) is 0 Å². The lowest BCUT2D eigenvalue weighted by atomic mass is 10.2. The molecule has 0 atom stereocenters. The van der Waals surface area contributed by atoms with E-state index in [1.807, 2.05) is 0 Å². The van der Waals surface area contributed by atoms with Gasteiger partial charge in [0.2, 0.25) is 0 Å². The van der Waals surface area contributed by atoms with Crippen LogP contribution in [0.2, 0.25) is 0 Å². The van der Waals surface area contributed by atoms with Crippen molar-refractivity contribution in [1.82, 2.24) is 14.7 Å². The zero-order valence-electron chi connectivity index (χ0n) is 10.9. The molecule has 1 saturated heterocycles. The Morgan fingerprint density at radius 1 is 0.733 bits per heavy atom. The first-order valence-corrected chi connectivity index (χ1v) is 6.20. The van der Waals surface area contributed by atoms with Gasteiger partial charge in [-0.1, -0.05) is 0 Å². The van der Waals surface area contributed by atoms with Gasteiger partial charge in [-0.25, -0.2) is 0 Å². The van der Waals surface area contributed by atoms with Gasteiger partial charge in [-0.15, -0.1) is 0 Å². The molecule has 0 bridgehead atoms. The van der Waals surface area contributed by atoms with Gasteiger partial charge in [-0.2, -0.15) is 0 Å². The molecule has 1 fully saturated rings. The van der Waals surface area contributed by atoms with Crippen LogP contribution >= 0.6 is 0 Å². The summed E-state index contributed by atoms with van der Waals surface area (Å²) in [6, 6.07) is 0.683. The Kier molecular flexibility index (Phi) is 5.58. The van der Waals surface area contributed by atoms with Crippen molar-refractivity contribution in [2.45, 2.75) is 26.3 Å². The maximum absolute atomic E-state index is 2.59. The Bertz CT molecular complexity index is 170. The van der Waals surface area contributed by atoms with Crippen LogP contribution in [0.4, 0.5) is 0 Å². The highest BCUT2D eigenvalue weighted by atomic mass is 15.2. The van der Waals surface area contributed by atoms with Crippen LogP contribution in [0.15, 0.2) is 0 Å². The Labute approximate surface area is 95.0 Å². The monoisotopic (exact) mass is 213 g/mol. The zero-order valence-corrected chi connectivity index (χ0v) is 10.9. The molecule has 15 heavy (non-hydrogen) atoms. The molecule has 0 amide bonds. The summed E-state index contributed by atoms with van der Waals surface area (Å²) < 4.78 is 0. The predicted octanol–water partition coefficient (Wildman–Crippen LogP) is 0.964. The average molecular weight is 213 g/mol. The van der Waals surface area contributed by atoms with Gasteiger partial charge in [0.05, 0.1) is 0 Å². The maximum atomic E-state index is 2.59. The maximum Gasteiger partial charge on any atom is 0.0112 e. The first kappa shape index (κ1) is 12.9. The zero-order chi connectivity index (χ0) is 11.3. The van der Waals surface area contributed by atoms with Gasteiger partial charge in [0.15, 0.2) is 0 Å². The van der Waals surface area contributed by atoms with E-state index in [4.69, 9.17) is 0 Å². The fraction of sp³-hybridized carbons (Fsp3) is 1.00. The summed E-state index contributed by atoms with van der Waals surface area (Å²) in [6.45, 7) is 11.9. The van der Waals surface area contributed by atoms with Gasteiger partial charge in [-0.05, 0) is 47.5 Å². The van der Waals surface area contributed by atoms with E-state index >= 15 is 0 Å². The van der Waals surface area contributed by atoms with Crippen LogP contribution in [0.25, 0.3) is 0 Å². The quantitative estimate of drug-likeness (QED) is 0.642. The molecule has 1 heterocycles. The summed E-state index contributed by atoms with van der Waals surface area (Å²) in [5, 5.41) is 0. The van der Waals surface area contributed by atoms with Crippen molar-refractivity contribution in [3.05, 3.63) is 0 Å². The van der Waals surface area contributed by atoms with Crippen LogP contribution in [0.5, 0.6) is 0 Å².